The molecule has 0 saturated heterocycles. The summed E-state index contributed by atoms with van der Waals surface area (Å²) < 4.78 is 6.81. The van der Waals surface area contributed by atoms with Crippen LogP contribution in [0.2, 0.25) is 0 Å². The number of amides is 1. The Kier molecular flexibility index (Phi) is 6.19. The fourth-order valence-corrected chi connectivity index (χ4v) is 3.21. The average molecular weight is 321 g/mol. The minimum absolute atomic E-state index is 0.146. The predicted molar refractivity (Wildman–Crippen MR) is 86.9 cm³/mol. The SMILES string of the molecule is CCOC(=O)[C@@H](NC(=O)c1ccnn1CC)[C@H]1CC[C@H](C)CC1. The van der Waals surface area contributed by atoms with Crippen LogP contribution in [0.3, 0.4) is 0 Å². The normalized spacial score (nSPS) is 22.4. The summed E-state index contributed by atoms with van der Waals surface area (Å²) in [4.78, 5) is 24.9. The lowest BCUT2D eigenvalue weighted by Gasteiger charge is -2.31. The molecule has 0 unspecified atom stereocenters. The van der Waals surface area contributed by atoms with Gasteiger partial charge in [0, 0.05) is 12.7 Å². The highest BCUT2D eigenvalue weighted by Crippen LogP contribution is 2.31. The number of hydrogen-bond acceptors (Lipinski definition) is 4. The second kappa shape index (κ2) is 8.13. The molecule has 1 aliphatic rings. The van der Waals surface area contributed by atoms with Crippen LogP contribution < -0.4 is 5.32 Å². The zero-order valence-electron chi connectivity index (χ0n) is 14.2. The van der Waals surface area contributed by atoms with Gasteiger partial charge in [-0.3, -0.25) is 9.48 Å². The summed E-state index contributed by atoms with van der Waals surface area (Å²) in [6.07, 6.45) is 5.66. The van der Waals surface area contributed by atoms with Gasteiger partial charge in [0.25, 0.3) is 5.91 Å². The lowest BCUT2D eigenvalue weighted by molar-refractivity contribution is -0.147. The minimum atomic E-state index is -0.574. The van der Waals surface area contributed by atoms with E-state index in [0.717, 1.165) is 25.7 Å². The molecule has 1 aliphatic carbocycles. The van der Waals surface area contributed by atoms with Crippen molar-refractivity contribution in [2.75, 3.05) is 6.61 Å². The van der Waals surface area contributed by atoms with Gasteiger partial charge in [0.05, 0.1) is 6.61 Å². The molecule has 0 aliphatic heterocycles. The van der Waals surface area contributed by atoms with Gasteiger partial charge in [-0.05, 0) is 44.6 Å². The number of hydrogen-bond donors (Lipinski definition) is 1. The third-order valence-electron chi connectivity index (χ3n) is 4.61. The van der Waals surface area contributed by atoms with Crippen LogP contribution in [-0.2, 0) is 16.1 Å². The van der Waals surface area contributed by atoms with Gasteiger partial charge in [-0.25, -0.2) is 4.79 Å². The number of aromatic nitrogens is 2. The molecule has 6 nitrogen and oxygen atoms in total. The van der Waals surface area contributed by atoms with E-state index in [1.54, 1.807) is 23.9 Å². The maximum atomic E-state index is 12.5. The number of esters is 1. The summed E-state index contributed by atoms with van der Waals surface area (Å²) in [5, 5.41) is 7.00. The Morgan fingerprint density at radius 3 is 2.65 bits per heavy atom. The molecule has 23 heavy (non-hydrogen) atoms. The molecule has 0 spiro atoms. The lowest BCUT2D eigenvalue weighted by Crippen LogP contribution is -2.48. The first-order valence-electron chi connectivity index (χ1n) is 8.56. The number of rotatable bonds is 6. The Balaban J connectivity index is 2.10. The molecule has 1 saturated carbocycles. The average Bonchev–Trinajstić information content (AvgIpc) is 3.02. The van der Waals surface area contributed by atoms with Crippen molar-refractivity contribution < 1.29 is 14.3 Å². The molecule has 6 heteroatoms. The second-order valence-corrected chi connectivity index (χ2v) is 6.26. The molecule has 1 amide bonds. The number of carbonyl (C=O) groups excluding carboxylic acids is 2. The number of ether oxygens (including phenoxy) is 1. The maximum Gasteiger partial charge on any atom is 0.328 e. The molecule has 128 valence electrons. The van der Waals surface area contributed by atoms with Crippen LogP contribution in [-0.4, -0.2) is 34.3 Å². The van der Waals surface area contributed by atoms with E-state index in [0.29, 0.717) is 24.8 Å². The summed E-state index contributed by atoms with van der Waals surface area (Å²) in [6, 6.07) is 1.10. The van der Waals surface area contributed by atoms with Crippen molar-refractivity contribution in [1.29, 1.82) is 0 Å². The third kappa shape index (κ3) is 4.33. The van der Waals surface area contributed by atoms with E-state index in [1.807, 2.05) is 6.92 Å². The van der Waals surface area contributed by atoms with E-state index in [4.69, 9.17) is 4.74 Å². The summed E-state index contributed by atoms with van der Waals surface area (Å²) in [6.45, 7) is 6.87. The van der Waals surface area contributed by atoms with Crippen LogP contribution in [0.15, 0.2) is 12.3 Å². The van der Waals surface area contributed by atoms with E-state index in [1.165, 1.54) is 0 Å². The van der Waals surface area contributed by atoms with Gasteiger partial charge in [0.1, 0.15) is 11.7 Å². The van der Waals surface area contributed by atoms with Crippen molar-refractivity contribution >= 4 is 11.9 Å². The quantitative estimate of drug-likeness (QED) is 0.817. The molecule has 1 fully saturated rings. The highest BCUT2D eigenvalue weighted by molar-refractivity contribution is 5.95. The van der Waals surface area contributed by atoms with Crippen LogP contribution in [0.25, 0.3) is 0 Å². The Morgan fingerprint density at radius 1 is 1.35 bits per heavy atom. The molecule has 1 heterocycles. The third-order valence-corrected chi connectivity index (χ3v) is 4.61. The van der Waals surface area contributed by atoms with Crippen molar-refractivity contribution in [3.63, 3.8) is 0 Å². The summed E-state index contributed by atoms with van der Waals surface area (Å²) in [5.41, 5.74) is 0.478. The first-order valence-corrected chi connectivity index (χ1v) is 8.56. The number of carbonyl (C=O) groups is 2. The highest BCUT2D eigenvalue weighted by Gasteiger charge is 2.34. The molecule has 0 radical (unpaired) electrons. The van der Waals surface area contributed by atoms with Crippen LogP contribution >= 0.6 is 0 Å². The molecule has 1 aromatic heterocycles. The van der Waals surface area contributed by atoms with Crippen molar-refractivity contribution in [1.82, 2.24) is 15.1 Å². The molecule has 0 aromatic carbocycles. The first-order chi connectivity index (χ1) is 11.1. The molecular weight excluding hydrogens is 294 g/mol. The topological polar surface area (TPSA) is 73.2 Å². The van der Waals surface area contributed by atoms with Gasteiger partial charge >= 0.3 is 5.97 Å². The van der Waals surface area contributed by atoms with Gasteiger partial charge in [-0.1, -0.05) is 19.8 Å². The van der Waals surface area contributed by atoms with Crippen molar-refractivity contribution in [3.8, 4) is 0 Å². The lowest BCUT2D eigenvalue weighted by atomic mass is 9.79. The molecule has 2 rings (SSSR count). The Hall–Kier alpha value is -1.85. The van der Waals surface area contributed by atoms with Gasteiger partial charge < -0.3 is 10.1 Å². The summed E-state index contributed by atoms with van der Waals surface area (Å²) >= 11 is 0. The van der Waals surface area contributed by atoms with Crippen LogP contribution in [0.5, 0.6) is 0 Å². The van der Waals surface area contributed by atoms with Gasteiger partial charge in [0.15, 0.2) is 0 Å². The monoisotopic (exact) mass is 321 g/mol. The first kappa shape index (κ1) is 17.5. The molecule has 0 bridgehead atoms. The molecule has 1 N–H and O–H groups in total. The van der Waals surface area contributed by atoms with E-state index in [9.17, 15) is 9.59 Å². The standard InChI is InChI=1S/C17H27N3O3/c1-4-20-14(10-11-18-20)16(21)19-15(17(22)23-5-2)13-8-6-12(3)7-9-13/h10-13,15H,4-9H2,1-3H3,(H,19,21)/t12-,13-,15-/m0/s1. The fraction of sp³-hybridized carbons (Fsp3) is 0.706. The summed E-state index contributed by atoms with van der Waals surface area (Å²) in [7, 11) is 0. The number of aryl methyl sites for hydroxylation is 1. The summed E-state index contributed by atoms with van der Waals surface area (Å²) in [5.74, 6) is 0.238. The molecule has 1 atom stereocenters. The fourth-order valence-electron chi connectivity index (χ4n) is 3.21. The number of nitrogens with zero attached hydrogens (tertiary/aromatic N) is 2. The van der Waals surface area contributed by atoms with E-state index in [-0.39, 0.29) is 17.8 Å². The predicted octanol–water partition coefficient (Wildman–Crippen LogP) is 2.39. The minimum Gasteiger partial charge on any atom is -0.464 e. The Morgan fingerprint density at radius 2 is 2.04 bits per heavy atom. The molecular formula is C17H27N3O3. The highest BCUT2D eigenvalue weighted by atomic mass is 16.5. The maximum absolute atomic E-state index is 12.5. The largest absolute Gasteiger partial charge is 0.464 e. The van der Waals surface area contributed by atoms with Crippen LogP contribution in [0, 0.1) is 11.8 Å². The smallest absolute Gasteiger partial charge is 0.328 e. The molecule has 1 aromatic rings. The van der Waals surface area contributed by atoms with Gasteiger partial charge in [0.2, 0.25) is 0 Å². The van der Waals surface area contributed by atoms with Gasteiger partial charge in [-0.2, -0.15) is 5.10 Å². The zero-order chi connectivity index (χ0) is 16.8. The van der Waals surface area contributed by atoms with E-state index in [2.05, 4.69) is 17.3 Å². The van der Waals surface area contributed by atoms with Gasteiger partial charge in [-0.15, -0.1) is 0 Å². The Labute approximate surface area is 137 Å². The second-order valence-electron chi connectivity index (χ2n) is 6.26. The Bertz CT molecular complexity index is 533. The zero-order valence-corrected chi connectivity index (χ0v) is 14.2. The number of nitrogens with one attached hydrogen (secondary N) is 1. The van der Waals surface area contributed by atoms with Crippen molar-refractivity contribution in [3.05, 3.63) is 18.0 Å². The van der Waals surface area contributed by atoms with Crippen molar-refractivity contribution in [2.24, 2.45) is 11.8 Å². The van der Waals surface area contributed by atoms with Crippen LogP contribution in [0.1, 0.15) is 56.9 Å². The van der Waals surface area contributed by atoms with Crippen LogP contribution in [0.4, 0.5) is 0 Å². The van der Waals surface area contributed by atoms with E-state index >= 15 is 0 Å². The van der Waals surface area contributed by atoms with Crippen molar-refractivity contribution in [2.45, 2.75) is 59.0 Å². The van der Waals surface area contributed by atoms with E-state index < -0.39 is 6.04 Å².